The number of carbonyl (C=O) groups excluding carboxylic acids is 1. The van der Waals surface area contributed by atoms with E-state index in [9.17, 15) is 9.18 Å². The Labute approximate surface area is 205 Å². The number of hydrogen-bond acceptors (Lipinski definition) is 6. The van der Waals surface area contributed by atoms with Gasteiger partial charge in [-0.1, -0.05) is 23.2 Å². The van der Waals surface area contributed by atoms with Crippen LogP contribution in [0.2, 0.25) is 10.0 Å². The molecule has 1 aliphatic heterocycles. The number of hydrogen-bond donors (Lipinski definition) is 3. The molecule has 2 amide bonds. The summed E-state index contributed by atoms with van der Waals surface area (Å²) in [6.07, 6.45) is 5.95. The summed E-state index contributed by atoms with van der Waals surface area (Å²) in [5, 5.41) is 13.4. The summed E-state index contributed by atoms with van der Waals surface area (Å²) in [4.78, 5) is 17.3. The summed E-state index contributed by atoms with van der Waals surface area (Å²) < 4.78 is 21.8. The van der Waals surface area contributed by atoms with Gasteiger partial charge in [-0.25, -0.2) is 19.6 Å². The number of carbonyl (C=O) groups is 1. The number of urea groups is 1. The minimum atomic E-state index is -0.681. The fourth-order valence-corrected chi connectivity index (χ4v) is 4.64. The summed E-state index contributed by atoms with van der Waals surface area (Å²) in [6, 6.07) is 3.96. The van der Waals surface area contributed by atoms with E-state index in [0.29, 0.717) is 37.2 Å². The van der Waals surface area contributed by atoms with Gasteiger partial charge in [0.25, 0.3) is 0 Å². The molecular weight excluding hydrogens is 486 g/mol. The van der Waals surface area contributed by atoms with Crippen molar-refractivity contribution in [1.82, 2.24) is 25.1 Å². The maximum atomic E-state index is 13.9. The van der Waals surface area contributed by atoms with Gasteiger partial charge in [-0.3, -0.25) is 9.89 Å². The van der Waals surface area contributed by atoms with Crippen LogP contribution in [0.3, 0.4) is 0 Å². The topological polar surface area (TPSA) is 119 Å². The summed E-state index contributed by atoms with van der Waals surface area (Å²) in [7, 11) is 0. The molecule has 9 nitrogen and oxygen atoms in total. The Bertz CT molecular complexity index is 1200. The van der Waals surface area contributed by atoms with Gasteiger partial charge in [-0.15, -0.1) is 0 Å². The van der Waals surface area contributed by atoms with Crippen LogP contribution in [-0.2, 0) is 0 Å². The second-order valence-electron chi connectivity index (χ2n) is 7.97. The number of halogens is 3. The normalized spacial score (nSPS) is 15.3. The number of aromatic nitrogens is 3. The highest BCUT2D eigenvalue weighted by Gasteiger charge is 2.25. The van der Waals surface area contributed by atoms with Gasteiger partial charge in [0.2, 0.25) is 0 Å². The van der Waals surface area contributed by atoms with Gasteiger partial charge in [0.1, 0.15) is 11.9 Å². The van der Waals surface area contributed by atoms with E-state index in [2.05, 4.69) is 10.1 Å². The molecule has 1 aliphatic rings. The van der Waals surface area contributed by atoms with Crippen LogP contribution >= 0.6 is 23.2 Å². The molecule has 1 saturated heterocycles. The van der Waals surface area contributed by atoms with Crippen molar-refractivity contribution < 1.29 is 19.1 Å². The zero-order valence-corrected chi connectivity index (χ0v) is 19.7. The Morgan fingerprint density at radius 3 is 2.74 bits per heavy atom. The third-order valence-corrected chi connectivity index (χ3v) is 6.54. The highest BCUT2D eigenvalue weighted by molar-refractivity contribution is 6.36. The van der Waals surface area contributed by atoms with Crippen molar-refractivity contribution in [3.8, 4) is 16.9 Å². The van der Waals surface area contributed by atoms with Gasteiger partial charge >= 0.3 is 6.03 Å². The van der Waals surface area contributed by atoms with E-state index in [1.54, 1.807) is 35.8 Å². The first-order chi connectivity index (χ1) is 16.3. The van der Waals surface area contributed by atoms with E-state index in [0.717, 1.165) is 11.1 Å². The van der Waals surface area contributed by atoms with E-state index < -0.39 is 18.0 Å². The van der Waals surface area contributed by atoms with Gasteiger partial charge in [0.15, 0.2) is 11.6 Å². The standard InChI is InChI=1S/C22H23Cl2FN6O3/c1-12(19-16(23)2-3-17(25)20(19)24)34-18-8-13(9-27-21(18)26)14-10-28-31(11-14)15-4-6-30(7-5-15)22(32)29-33/h2-3,8-12,15,33H,4-7H2,1H3,(H2,26,27)(H,29,32). The van der Waals surface area contributed by atoms with Gasteiger partial charge in [-0.05, 0) is 38.0 Å². The molecule has 0 bridgehead atoms. The Kier molecular flexibility index (Phi) is 7.11. The molecule has 0 saturated carbocycles. The van der Waals surface area contributed by atoms with Crippen molar-refractivity contribution in [3.63, 3.8) is 0 Å². The van der Waals surface area contributed by atoms with Crippen LogP contribution in [0.4, 0.5) is 15.0 Å². The molecule has 1 atom stereocenters. The molecule has 0 radical (unpaired) electrons. The largest absolute Gasteiger partial charge is 0.482 e. The average Bonchev–Trinajstić information content (AvgIpc) is 3.33. The Hall–Kier alpha value is -3.08. The molecule has 3 aromatic rings. The van der Waals surface area contributed by atoms with Crippen molar-refractivity contribution >= 4 is 35.1 Å². The van der Waals surface area contributed by atoms with Crippen LogP contribution in [0.5, 0.6) is 5.75 Å². The maximum Gasteiger partial charge on any atom is 0.341 e. The monoisotopic (exact) mass is 508 g/mol. The maximum absolute atomic E-state index is 13.9. The third-order valence-electron chi connectivity index (χ3n) is 5.83. The third kappa shape index (κ3) is 4.89. The number of nitrogens with one attached hydrogen (secondary N) is 1. The number of nitrogens with two attached hydrogens (primary N) is 1. The summed E-state index contributed by atoms with van der Waals surface area (Å²) in [6.45, 7) is 2.72. The fraction of sp³-hybridized carbons (Fsp3) is 0.318. The van der Waals surface area contributed by atoms with Crippen molar-refractivity contribution in [1.29, 1.82) is 0 Å². The lowest BCUT2D eigenvalue weighted by Gasteiger charge is -2.31. The van der Waals surface area contributed by atoms with E-state index >= 15 is 0 Å². The number of nitrogens with zero attached hydrogens (tertiary/aromatic N) is 4. The van der Waals surface area contributed by atoms with E-state index in [-0.39, 0.29) is 21.9 Å². The number of hydroxylamine groups is 1. The lowest BCUT2D eigenvalue weighted by atomic mass is 10.1. The summed E-state index contributed by atoms with van der Waals surface area (Å²) >= 11 is 12.3. The predicted octanol–water partition coefficient (Wildman–Crippen LogP) is 4.85. The number of likely N-dealkylation sites (tertiary alicyclic amines) is 1. The Morgan fingerprint density at radius 2 is 2.03 bits per heavy atom. The second-order valence-corrected chi connectivity index (χ2v) is 8.75. The van der Waals surface area contributed by atoms with Crippen LogP contribution in [0.1, 0.15) is 37.5 Å². The second kappa shape index (κ2) is 10.0. The number of pyridine rings is 1. The highest BCUT2D eigenvalue weighted by atomic mass is 35.5. The molecule has 4 N–H and O–H groups in total. The van der Waals surface area contributed by atoms with Crippen molar-refractivity contribution in [2.45, 2.75) is 31.9 Å². The number of benzene rings is 1. The predicted molar refractivity (Wildman–Crippen MR) is 125 cm³/mol. The first kappa shape index (κ1) is 24.1. The van der Waals surface area contributed by atoms with Crippen molar-refractivity contribution in [3.05, 3.63) is 58.2 Å². The zero-order valence-electron chi connectivity index (χ0n) is 18.2. The average molecular weight is 509 g/mol. The van der Waals surface area contributed by atoms with Crippen LogP contribution in [0.15, 0.2) is 36.8 Å². The molecule has 3 heterocycles. The summed E-state index contributed by atoms with van der Waals surface area (Å²) in [5.41, 5.74) is 9.54. The quantitative estimate of drug-likeness (QED) is 0.257. The molecule has 180 valence electrons. The van der Waals surface area contributed by atoms with Crippen LogP contribution in [-0.4, -0.2) is 44.0 Å². The lowest BCUT2D eigenvalue weighted by molar-refractivity contribution is 0.114. The van der Waals surface area contributed by atoms with Gasteiger partial charge in [0, 0.05) is 47.2 Å². The Morgan fingerprint density at radius 1 is 1.29 bits per heavy atom. The number of amides is 2. The SMILES string of the molecule is CC(Oc1cc(-c2cnn(C3CCN(C(=O)NO)CC3)c2)cnc1N)c1c(Cl)ccc(F)c1Cl. The molecule has 34 heavy (non-hydrogen) atoms. The lowest BCUT2D eigenvalue weighted by Crippen LogP contribution is -2.43. The molecule has 0 spiro atoms. The van der Waals surface area contributed by atoms with E-state index in [4.69, 9.17) is 38.9 Å². The van der Waals surface area contributed by atoms with Gasteiger partial charge < -0.3 is 15.4 Å². The van der Waals surface area contributed by atoms with Crippen LogP contribution in [0, 0.1) is 5.82 Å². The number of rotatable bonds is 5. The molecule has 0 aliphatic carbocycles. The fourth-order valence-electron chi connectivity index (χ4n) is 3.96. The number of nitrogen functional groups attached to an aromatic ring is 1. The first-order valence-corrected chi connectivity index (χ1v) is 11.3. The van der Waals surface area contributed by atoms with Crippen molar-refractivity contribution in [2.75, 3.05) is 18.8 Å². The Balaban J connectivity index is 1.51. The molecule has 2 aromatic heterocycles. The smallest absolute Gasteiger partial charge is 0.341 e. The van der Waals surface area contributed by atoms with Gasteiger partial charge in [-0.2, -0.15) is 5.10 Å². The molecule has 1 fully saturated rings. The van der Waals surface area contributed by atoms with Crippen LogP contribution < -0.4 is 16.0 Å². The molecule has 1 aromatic carbocycles. The molecule has 1 unspecified atom stereocenters. The van der Waals surface area contributed by atoms with Crippen molar-refractivity contribution in [2.24, 2.45) is 0 Å². The first-order valence-electron chi connectivity index (χ1n) is 10.6. The minimum absolute atomic E-state index is 0.105. The molecule has 12 heteroatoms. The van der Waals surface area contributed by atoms with E-state index in [1.165, 1.54) is 12.1 Å². The zero-order chi connectivity index (χ0) is 24.4. The van der Waals surface area contributed by atoms with E-state index in [1.807, 2.05) is 10.9 Å². The number of piperidine rings is 1. The number of ether oxygens (including phenoxy) is 1. The molecule has 4 rings (SSSR count). The number of anilines is 1. The van der Waals surface area contributed by atoms with Gasteiger partial charge in [0.05, 0.1) is 17.3 Å². The minimum Gasteiger partial charge on any atom is -0.482 e. The summed E-state index contributed by atoms with van der Waals surface area (Å²) in [5.74, 6) is -0.120. The van der Waals surface area contributed by atoms with Crippen LogP contribution in [0.25, 0.3) is 11.1 Å². The molecular formula is C22H23Cl2FN6O3. The highest BCUT2D eigenvalue weighted by Crippen LogP contribution is 2.37.